The van der Waals surface area contributed by atoms with Crippen molar-refractivity contribution in [3.63, 3.8) is 0 Å². The van der Waals surface area contributed by atoms with Gasteiger partial charge < -0.3 is 5.32 Å². The monoisotopic (exact) mass is 607 g/mol. The van der Waals surface area contributed by atoms with Crippen LogP contribution >= 0.6 is 23.2 Å². The van der Waals surface area contributed by atoms with Crippen molar-refractivity contribution < 1.29 is 44.4 Å². The Morgan fingerprint density at radius 2 is 1.76 bits per heavy atom. The summed E-state index contributed by atoms with van der Waals surface area (Å²) in [6.45, 7) is 0.903. The Balaban J connectivity index is 1.74. The number of rotatable bonds is 9. The first-order valence-electron chi connectivity index (χ1n) is 10.8. The van der Waals surface area contributed by atoms with E-state index >= 15 is 0 Å². The molecule has 2 aromatic carbocycles. The number of carbonyl (C=O) groups is 1. The predicted molar refractivity (Wildman–Crippen MR) is 127 cm³/mol. The number of hydrogen-bond acceptors (Lipinski definition) is 5. The second-order valence-electron chi connectivity index (χ2n) is 8.64. The van der Waals surface area contributed by atoms with Crippen molar-refractivity contribution in [1.29, 1.82) is 0 Å². The van der Waals surface area contributed by atoms with Crippen LogP contribution in [-0.4, -0.2) is 49.7 Å². The minimum atomic E-state index is -5.05. The van der Waals surface area contributed by atoms with Crippen LogP contribution < -0.4 is 11.2 Å². The Morgan fingerprint density at radius 1 is 1.18 bits per heavy atom. The SMILES string of the molecule is Cc1cc(CC[C@](ON)(c2cc(Cl)c(F)c(Cl)c2)C(F)(F)F)ccc1C(=O)NC1CN(S(=O)(=O)C(F)F)C1. The highest BCUT2D eigenvalue weighted by atomic mass is 35.5. The van der Waals surface area contributed by atoms with Gasteiger partial charge in [-0.3, -0.25) is 9.63 Å². The number of amides is 1. The molecule has 0 aliphatic carbocycles. The van der Waals surface area contributed by atoms with Gasteiger partial charge in [0.1, 0.15) is 0 Å². The molecule has 3 rings (SSSR count). The Hall–Kier alpha value is -2.10. The number of nitrogens with one attached hydrogen (secondary N) is 1. The highest BCUT2D eigenvalue weighted by molar-refractivity contribution is 7.89. The standard InChI is InChI=1S/C22H21Cl2F6N3O4S/c1-11-6-12(2-3-15(11)19(34)32-14-9-33(10-14)38(35,36)20(26)27)4-5-21(37-31,22(28,29)30)13-7-16(23)18(25)17(24)8-13/h2-3,6-8,14,20H,4-5,9-10,31H2,1H3,(H,32,34)/t21-/m0/s1. The summed E-state index contributed by atoms with van der Waals surface area (Å²) in [7, 11) is -4.73. The van der Waals surface area contributed by atoms with Gasteiger partial charge in [-0.05, 0) is 54.7 Å². The second-order valence-corrected chi connectivity index (χ2v) is 11.4. The molecule has 0 spiro atoms. The van der Waals surface area contributed by atoms with Crippen LogP contribution in [0.1, 0.15) is 33.5 Å². The van der Waals surface area contributed by atoms with Crippen molar-refractivity contribution >= 4 is 39.1 Å². The van der Waals surface area contributed by atoms with E-state index in [1.54, 1.807) is 0 Å². The number of nitrogens with two attached hydrogens (primary N) is 1. The summed E-state index contributed by atoms with van der Waals surface area (Å²) in [5.41, 5.74) is -2.76. The van der Waals surface area contributed by atoms with Gasteiger partial charge in [-0.1, -0.05) is 35.3 Å². The molecule has 38 heavy (non-hydrogen) atoms. The Bertz CT molecular complexity index is 1300. The van der Waals surface area contributed by atoms with Gasteiger partial charge in [0.25, 0.3) is 15.9 Å². The first-order chi connectivity index (χ1) is 17.5. The summed E-state index contributed by atoms with van der Waals surface area (Å²) in [6, 6.07) is 5.01. The average molecular weight is 608 g/mol. The van der Waals surface area contributed by atoms with Gasteiger partial charge >= 0.3 is 11.9 Å². The lowest BCUT2D eigenvalue weighted by atomic mass is 9.86. The van der Waals surface area contributed by atoms with Crippen LogP contribution in [0.4, 0.5) is 26.3 Å². The van der Waals surface area contributed by atoms with E-state index in [0.717, 1.165) is 12.1 Å². The van der Waals surface area contributed by atoms with Gasteiger partial charge in [-0.25, -0.2) is 18.7 Å². The van der Waals surface area contributed by atoms with Crippen LogP contribution in [0.2, 0.25) is 10.0 Å². The molecule has 210 valence electrons. The number of aryl methyl sites for hydroxylation is 2. The topological polar surface area (TPSA) is 102 Å². The van der Waals surface area contributed by atoms with Crippen molar-refractivity contribution in [1.82, 2.24) is 9.62 Å². The van der Waals surface area contributed by atoms with Gasteiger partial charge in [-0.2, -0.15) is 26.3 Å². The minimum absolute atomic E-state index is 0.151. The Kier molecular flexibility index (Phi) is 8.95. The maximum atomic E-state index is 14.2. The molecule has 7 nitrogen and oxygen atoms in total. The van der Waals surface area contributed by atoms with Crippen LogP contribution in [0.5, 0.6) is 0 Å². The van der Waals surface area contributed by atoms with E-state index in [4.69, 9.17) is 29.1 Å². The molecular weight excluding hydrogens is 587 g/mol. The van der Waals surface area contributed by atoms with Gasteiger partial charge in [0.15, 0.2) is 5.82 Å². The van der Waals surface area contributed by atoms with Crippen LogP contribution in [0, 0.1) is 12.7 Å². The van der Waals surface area contributed by atoms with Crippen molar-refractivity contribution in [3.05, 3.63) is 68.4 Å². The van der Waals surface area contributed by atoms with E-state index in [1.165, 1.54) is 25.1 Å². The van der Waals surface area contributed by atoms with E-state index in [2.05, 4.69) is 10.2 Å². The third-order valence-corrected chi connectivity index (χ3v) is 8.20. The molecule has 0 aromatic heterocycles. The zero-order chi connectivity index (χ0) is 28.6. The van der Waals surface area contributed by atoms with E-state index in [-0.39, 0.29) is 25.1 Å². The lowest BCUT2D eigenvalue weighted by Gasteiger charge is -2.38. The van der Waals surface area contributed by atoms with Gasteiger partial charge in [0.2, 0.25) is 5.60 Å². The number of sulfonamides is 1. The summed E-state index contributed by atoms with van der Waals surface area (Å²) >= 11 is 11.4. The molecule has 2 aromatic rings. The molecule has 0 unspecified atom stereocenters. The van der Waals surface area contributed by atoms with Crippen molar-refractivity contribution in [3.8, 4) is 0 Å². The summed E-state index contributed by atoms with van der Waals surface area (Å²) in [5.74, 6) is -0.168. The fraction of sp³-hybridized carbons (Fsp3) is 0.409. The van der Waals surface area contributed by atoms with Crippen LogP contribution in [0.3, 0.4) is 0 Å². The quantitative estimate of drug-likeness (QED) is 0.245. The second kappa shape index (κ2) is 11.2. The maximum absolute atomic E-state index is 14.2. The number of benzene rings is 2. The molecule has 1 saturated heterocycles. The largest absolute Gasteiger partial charge is 0.423 e. The molecular formula is C22H21Cl2F6N3O4S. The molecule has 0 radical (unpaired) electrons. The lowest BCUT2D eigenvalue weighted by Crippen LogP contribution is -2.61. The highest BCUT2D eigenvalue weighted by Crippen LogP contribution is 2.46. The molecule has 0 saturated carbocycles. The van der Waals surface area contributed by atoms with Crippen molar-refractivity contribution in [2.45, 2.75) is 43.3 Å². The normalized spacial score (nSPS) is 16.8. The third-order valence-electron chi connectivity index (χ3n) is 6.18. The molecule has 0 bridgehead atoms. The molecule has 3 N–H and O–H groups in total. The lowest BCUT2D eigenvalue weighted by molar-refractivity contribution is -0.290. The van der Waals surface area contributed by atoms with E-state index in [0.29, 0.717) is 15.4 Å². The fourth-order valence-electron chi connectivity index (χ4n) is 4.00. The summed E-state index contributed by atoms with van der Waals surface area (Å²) in [6.07, 6.45) is -6.03. The molecule has 1 aliphatic rings. The number of carbonyl (C=O) groups excluding carboxylic acids is 1. The first kappa shape index (κ1) is 30.4. The Morgan fingerprint density at radius 3 is 2.24 bits per heavy atom. The predicted octanol–water partition coefficient (Wildman–Crippen LogP) is 4.69. The summed E-state index contributed by atoms with van der Waals surface area (Å²) in [5, 5.41) is 1.23. The number of nitrogens with zero attached hydrogens (tertiary/aromatic N) is 1. The van der Waals surface area contributed by atoms with Crippen LogP contribution in [0.25, 0.3) is 0 Å². The van der Waals surface area contributed by atoms with E-state index in [1.807, 2.05) is 0 Å². The third kappa shape index (κ3) is 5.89. The van der Waals surface area contributed by atoms with E-state index in [9.17, 15) is 39.6 Å². The minimum Gasteiger partial charge on any atom is -0.347 e. The highest BCUT2D eigenvalue weighted by Gasteiger charge is 2.57. The van der Waals surface area contributed by atoms with Crippen LogP contribution in [-0.2, 0) is 26.9 Å². The number of alkyl halides is 5. The van der Waals surface area contributed by atoms with Crippen molar-refractivity contribution in [2.75, 3.05) is 13.1 Å². The fourth-order valence-corrected chi connectivity index (χ4v) is 5.49. The van der Waals surface area contributed by atoms with Crippen LogP contribution in [0.15, 0.2) is 30.3 Å². The van der Waals surface area contributed by atoms with Gasteiger partial charge in [-0.15, -0.1) is 0 Å². The van der Waals surface area contributed by atoms with Gasteiger partial charge in [0, 0.05) is 18.7 Å². The molecule has 16 heteroatoms. The number of halogens is 8. The molecule has 1 atom stereocenters. The van der Waals surface area contributed by atoms with Crippen molar-refractivity contribution in [2.24, 2.45) is 5.90 Å². The maximum Gasteiger partial charge on any atom is 0.423 e. The number of hydrogen-bond donors (Lipinski definition) is 2. The van der Waals surface area contributed by atoms with E-state index < -0.39 is 67.4 Å². The molecule has 1 amide bonds. The molecule has 1 aliphatic heterocycles. The first-order valence-corrected chi connectivity index (χ1v) is 13.1. The zero-order valence-corrected chi connectivity index (χ0v) is 21.8. The summed E-state index contributed by atoms with van der Waals surface area (Å²) in [4.78, 5) is 17.0. The molecule has 1 fully saturated rings. The molecule has 1 heterocycles. The average Bonchev–Trinajstić information content (AvgIpc) is 2.78. The summed E-state index contributed by atoms with van der Waals surface area (Å²) < 4.78 is 105. The van der Waals surface area contributed by atoms with Gasteiger partial charge in [0.05, 0.1) is 16.1 Å². The smallest absolute Gasteiger partial charge is 0.347 e. The Labute approximate surface area is 223 Å². The zero-order valence-electron chi connectivity index (χ0n) is 19.5.